The molecule has 1 amide bonds. The Labute approximate surface area is 206 Å². The van der Waals surface area contributed by atoms with Crippen LogP contribution >= 0.6 is 0 Å². The lowest BCUT2D eigenvalue weighted by molar-refractivity contribution is -0.142. The first-order valence-electron chi connectivity index (χ1n) is 12.4. The average Bonchev–Trinajstić information content (AvgIpc) is 3.22. The van der Waals surface area contributed by atoms with Gasteiger partial charge < -0.3 is 19.9 Å². The maximum absolute atomic E-state index is 12.8. The Morgan fingerprint density at radius 3 is 2.57 bits per heavy atom. The van der Waals surface area contributed by atoms with Gasteiger partial charge in [-0.1, -0.05) is 37.5 Å². The molecule has 2 aromatic carbocycles. The minimum atomic E-state index is -3.72. The minimum Gasteiger partial charge on any atom is -0.487 e. The summed E-state index contributed by atoms with van der Waals surface area (Å²) in [4.78, 5) is 12.9. The smallest absolute Gasteiger partial charge is 0.261 e. The van der Waals surface area contributed by atoms with E-state index in [0.29, 0.717) is 17.9 Å². The standard InChI is InChI=1S/C26H32N2O6S/c29-16-24-26-22(14-19(33-24)15-25(30)27-17-7-3-1-4-8-17)21-13-18(11-12-23(21)34-26)28-35(31,32)20-9-5-2-6-10-20/h2,5-6,9-13,17,19,22,24,26,28-29H,1,3-4,7-8,14-16H2,(H,27,30)/t19-,22-,24-,26+/m0/s1. The van der Waals surface area contributed by atoms with Gasteiger partial charge in [0.15, 0.2) is 0 Å². The summed E-state index contributed by atoms with van der Waals surface area (Å²) in [5.74, 6) is 0.516. The Morgan fingerprint density at radius 2 is 1.83 bits per heavy atom. The molecule has 2 fully saturated rings. The predicted molar refractivity (Wildman–Crippen MR) is 131 cm³/mol. The number of rotatable bonds is 7. The summed E-state index contributed by atoms with van der Waals surface area (Å²) in [6.07, 6.45) is 5.05. The van der Waals surface area contributed by atoms with E-state index in [1.807, 2.05) is 0 Å². The first-order valence-corrected chi connectivity index (χ1v) is 13.9. The quantitative estimate of drug-likeness (QED) is 0.538. The van der Waals surface area contributed by atoms with Crippen molar-refractivity contribution in [1.82, 2.24) is 5.32 Å². The van der Waals surface area contributed by atoms with Crippen LogP contribution in [-0.2, 0) is 19.6 Å². The van der Waals surface area contributed by atoms with Crippen molar-refractivity contribution in [1.29, 1.82) is 0 Å². The highest BCUT2D eigenvalue weighted by atomic mass is 32.2. The third-order valence-corrected chi connectivity index (χ3v) is 8.59. The van der Waals surface area contributed by atoms with Crippen molar-refractivity contribution in [2.45, 2.75) is 80.1 Å². The summed E-state index contributed by atoms with van der Waals surface area (Å²) in [7, 11) is -3.72. The topological polar surface area (TPSA) is 114 Å². The van der Waals surface area contributed by atoms with Gasteiger partial charge in [0.2, 0.25) is 5.91 Å². The minimum absolute atomic E-state index is 0.0273. The second kappa shape index (κ2) is 10.2. The Kier molecular flexibility index (Phi) is 7.00. The van der Waals surface area contributed by atoms with Crippen LogP contribution in [0.5, 0.6) is 5.75 Å². The fourth-order valence-electron chi connectivity index (χ4n) is 5.51. The van der Waals surface area contributed by atoms with E-state index in [1.165, 1.54) is 6.42 Å². The van der Waals surface area contributed by atoms with Crippen molar-refractivity contribution in [3.05, 3.63) is 54.1 Å². The molecule has 0 unspecified atom stereocenters. The number of aliphatic hydroxyl groups is 1. The van der Waals surface area contributed by atoms with Crippen molar-refractivity contribution in [3.8, 4) is 5.75 Å². The van der Waals surface area contributed by atoms with E-state index in [4.69, 9.17) is 9.47 Å². The van der Waals surface area contributed by atoms with Crippen LogP contribution in [-0.4, -0.2) is 50.4 Å². The molecular weight excluding hydrogens is 468 g/mol. The van der Waals surface area contributed by atoms with Gasteiger partial charge in [-0.15, -0.1) is 0 Å². The third-order valence-electron chi connectivity index (χ3n) is 7.19. The van der Waals surface area contributed by atoms with Crippen molar-refractivity contribution < 1.29 is 27.8 Å². The van der Waals surface area contributed by atoms with Gasteiger partial charge in [-0.05, 0) is 49.6 Å². The molecular formula is C26H32N2O6S. The summed E-state index contributed by atoms with van der Waals surface area (Å²) in [5.41, 5.74) is 1.30. The summed E-state index contributed by atoms with van der Waals surface area (Å²) < 4.78 is 40.4. The fraction of sp³-hybridized carbons (Fsp3) is 0.500. The second-order valence-corrected chi connectivity index (χ2v) is 11.4. The van der Waals surface area contributed by atoms with Crippen LogP contribution in [0.15, 0.2) is 53.4 Å². The SMILES string of the molecule is O=C(C[C@@H]1C[C@H]2c3cc(NS(=O)(=O)c4ccccc4)ccc3O[C@H]2[C@H](CO)O1)NC1CCCCC1. The molecule has 8 nitrogen and oxygen atoms in total. The number of nitrogens with one attached hydrogen (secondary N) is 2. The largest absolute Gasteiger partial charge is 0.487 e. The highest BCUT2D eigenvalue weighted by molar-refractivity contribution is 7.92. The first-order chi connectivity index (χ1) is 16.9. The maximum atomic E-state index is 12.8. The zero-order chi connectivity index (χ0) is 24.4. The van der Waals surface area contributed by atoms with Gasteiger partial charge in [0.25, 0.3) is 10.0 Å². The number of benzene rings is 2. The van der Waals surface area contributed by atoms with Gasteiger partial charge in [-0.2, -0.15) is 0 Å². The van der Waals surface area contributed by atoms with E-state index in [1.54, 1.807) is 48.5 Å². The van der Waals surface area contributed by atoms with Crippen LogP contribution < -0.4 is 14.8 Å². The zero-order valence-electron chi connectivity index (χ0n) is 19.6. The number of hydrogen-bond donors (Lipinski definition) is 3. The van der Waals surface area contributed by atoms with Crippen LogP contribution in [0.25, 0.3) is 0 Å². The number of carbonyl (C=O) groups is 1. The number of anilines is 1. The first kappa shape index (κ1) is 24.1. The number of ether oxygens (including phenoxy) is 2. The van der Waals surface area contributed by atoms with Crippen molar-refractivity contribution >= 4 is 21.6 Å². The van der Waals surface area contributed by atoms with E-state index in [2.05, 4.69) is 10.0 Å². The monoisotopic (exact) mass is 500 g/mol. The molecule has 2 aromatic rings. The number of aliphatic hydroxyl groups excluding tert-OH is 1. The van der Waals surface area contributed by atoms with Gasteiger partial charge in [-0.3, -0.25) is 9.52 Å². The number of amides is 1. The number of sulfonamides is 1. The molecule has 1 saturated carbocycles. The number of fused-ring (bicyclic) bond motifs is 3. The highest BCUT2D eigenvalue weighted by Crippen LogP contribution is 2.47. The van der Waals surface area contributed by atoms with Gasteiger partial charge in [-0.25, -0.2) is 8.42 Å². The zero-order valence-corrected chi connectivity index (χ0v) is 20.4. The summed E-state index contributed by atoms with van der Waals surface area (Å²) in [5, 5.41) is 13.1. The van der Waals surface area contributed by atoms with Crippen LogP contribution in [0.1, 0.15) is 56.4 Å². The molecule has 9 heteroatoms. The van der Waals surface area contributed by atoms with Gasteiger partial charge >= 0.3 is 0 Å². The van der Waals surface area contributed by atoms with Crippen LogP contribution in [0.3, 0.4) is 0 Å². The Bertz CT molecular complexity index is 1150. The molecule has 4 atom stereocenters. The fourth-order valence-corrected chi connectivity index (χ4v) is 6.58. The van der Waals surface area contributed by atoms with Crippen molar-refractivity contribution in [3.63, 3.8) is 0 Å². The van der Waals surface area contributed by atoms with Gasteiger partial charge in [0.1, 0.15) is 18.0 Å². The molecule has 0 bridgehead atoms. The average molecular weight is 501 g/mol. The second-order valence-electron chi connectivity index (χ2n) is 9.68. The molecule has 3 N–H and O–H groups in total. The van der Waals surface area contributed by atoms with Crippen LogP contribution in [0.2, 0.25) is 0 Å². The molecule has 0 radical (unpaired) electrons. The van der Waals surface area contributed by atoms with E-state index in [0.717, 1.165) is 31.2 Å². The highest BCUT2D eigenvalue weighted by Gasteiger charge is 2.46. The van der Waals surface area contributed by atoms with Gasteiger partial charge in [0.05, 0.1) is 24.0 Å². The predicted octanol–water partition coefficient (Wildman–Crippen LogP) is 3.32. The van der Waals surface area contributed by atoms with E-state index in [-0.39, 0.29) is 48.0 Å². The summed E-state index contributed by atoms with van der Waals surface area (Å²) in [6.45, 7) is -0.219. The Hall–Kier alpha value is -2.62. The lowest BCUT2D eigenvalue weighted by Gasteiger charge is -2.37. The van der Waals surface area contributed by atoms with Crippen molar-refractivity contribution in [2.24, 2.45) is 0 Å². The lowest BCUT2D eigenvalue weighted by Crippen LogP contribution is -2.48. The van der Waals surface area contributed by atoms with E-state index >= 15 is 0 Å². The molecule has 5 rings (SSSR count). The molecule has 0 aromatic heterocycles. The van der Waals surface area contributed by atoms with E-state index < -0.39 is 16.1 Å². The molecule has 0 spiro atoms. The number of hydrogen-bond acceptors (Lipinski definition) is 6. The Morgan fingerprint density at radius 1 is 1.06 bits per heavy atom. The molecule has 35 heavy (non-hydrogen) atoms. The summed E-state index contributed by atoms with van der Waals surface area (Å²) >= 11 is 0. The maximum Gasteiger partial charge on any atom is 0.261 e. The lowest BCUT2D eigenvalue weighted by atomic mass is 9.84. The third kappa shape index (κ3) is 5.32. The molecule has 3 aliphatic rings. The van der Waals surface area contributed by atoms with Crippen LogP contribution in [0, 0.1) is 0 Å². The molecule has 2 aliphatic heterocycles. The van der Waals surface area contributed by atoms with Crippen LogP contribution in [0.4, 0.5) is 5.69 Å². The van der Waals surface area contributed by atoms with Gasteiger partial charge in [0, 0.05) is 23.2 Å². The van der Waals surface area contributed by atoms with Crippen molar-refractivity contribution in [2.75, 3.05) is 11.3 Å². The Balaban J connectivity index is 1.30. The summed E-state index contributed by atoms with van der Waals surface area (Å²) in [6, 6.07) is 13.6. The molecule has 1 aliphatic carbocycles. The molecule has 188 valence electrons. The van der Waals surface area contributed by atoms with E-state index in [9.17, 15) is 18.3 Å². The number of carbonyl (C=O) groups excluding carboxylic acids is 1. The normalized spacial score (nSPS) is 26.3. The molecule has 2 heterocycles. The molecule has 1 saturated heterocycles.